The number of aryl methyl sites for hydroxylation is 2. The smallest absolute Gasteiger partial charge is 0.0760 e. The zero-order valence-electron chi connectivity index (χ0n) is 11.0. The van der Waals surface area contributed by atoms with Crippen LogP contribution in [-0.2, 0) is 0 Å². The molecule has 0 radical (unpaired) electrons. The molecular formula is C14H23NO. The van der Waals surface area contributed by atoms with Crippen LogP contribution in [0.3, 0.4) is 0 Å². The maximum absolute atomic E-state index is 9.97. The van der Waals surface area contributed by atoms with Crippen LogP contribution in [0.15, 0.2) is 18.2 Å². The van der Waals surface area contributed by atoms with Gasteiger partial charge < -0.3 is 10.4 Å². The standard InChI is InChI=1S/C14H23NO/c1-10-7-6-8-11(2)13(10)15-9-12(16)14(3,4)5/h6-8,12,15-16H,9H2,1-5H3. The van der Waals surface area contributed by atoms with Crippen molar-refractivity contribution in [2.45, 2.75) is 40.7 Å². The Kier molecular flexibility index (Phi) is 3.98. The molecule has 1 aromatic carbocycles. The molecule has 2 N–H and O–H groups in total. The summed E-state index contributed by atoms with van der Waals surface area (Å²) < 4.78 is 0. The van der Waals surface area contributed by atoms with E-state index in [-0.39, 0.29) is 11.5 Å². The Morgan fingerprint density at radius 1 is 1.19 bits per heavy atom. The molecule has 0 fully saturated rings. The number of nitrogens with one attached hydrogen (secondary N) is 1. The first kappa shape index (κ1) is 13.0. The summed E-state index contributed by atoms with van der Waals surface area (Å²) in [5.74, 6) is 0. The molecule has 1 rings (SSSR count). The first-order chi connectivity index (χ1) is 7.32. The molecule has 1 atom stereocenters. The van der Waals surface area contributed by atoms with Crippen LogP contribution in [-0.4, -0.2) is 17.8 Å². The highest BCUT2D eigenvalue weighted by molar-refractivity contribution is 5.56. The molecule has 0 aliphatic rings. The third-order valence-corrected chi connectivity index (χ3v) is 2.95. The Bertz CT molecular complexity index is 332. The van der Waals surface area contributed by atoms with Gasteiger partial charge in [0.25, 0.3) is 0 Å². The zero-order valence-corrected chi connectivity index (χ0v) is 11.0. The van der Waals surface area contributed by atoms with Crippen LogP contribution in [0.1, 0.15) is 31.9 Å². The maximum atomic E-state index is 9.97. The molecule has 0 amide bonds. The number of aliphatic hydroxyl groups is 1. The number of aliphatic hydroxyl groups excluding tert-OH is 1. The van der Waals surface area contributed by atoms with Crippen LogP contribution in [0.4, 0.5) is 5.69 Å². The third kappa shape index (κ3) is 3.24. The second-order valence-corrected chi connectivity index (χ2v) is 5.53. The molecule has 0 spiro atoms. The second kappa shape index (κ2) is 4.88. The molecule has 0 heterocycles. The van der Waals surface area contributed by atoms with Gasteiger partial charge in [0.05, 0.1) is 6.10 Å². The fraction of sp³-hybridized carbons (Fsp3) is 0.571. The highest BCUT2D eigenvalue weighted by Crippen LogP contribution is 2.22. The van der Waals surface area contributed by atoms with E-state index in [2.05, 4.69) is 37.4 Å². The van der Waals surface area contributed by atoms with Crippen molar-refractivity contribution in [2.24, 2.45) is 5.41 Å². The van der Waals surface area contributed by atoms with Gasteiger partial charge in [0.2, 0.25) is 0 Å². The molecule has 1 unspecified atom stereocenters. The van der Waals surface area contributed by atoms with Crippen molar-refractivity contribution in [1.29, 1.82) is 0 Å². The molecule has 2 heteroatoms. The summed E-state index contributed by atoms with van der Waals surface area (Å²) >= 11 is 0. The van der Waals surface area contributed by atoms with Crippen molar-refractivity contribution in [3.05, 3.63) is 29.3 Å². The van der Waals surface area contributed by atoms with Gasteiger partial charge in [-0.2, -0.15) is 0 Å². The molecule has 0 saturated carbocycles. The van der Waals surface area contributed by atoms with Crippen molar-refractivity contribution in [3.8, 4) is 0 Å². The topological polar surface area (TPSA) is 32.3 Å². The third-order valence-electron chi connectivity index (χ3n) is 2.95. The van der Waals surface area contributed by atoms with E-state index < -0.39 is 0 Å². The number of rotatable bonds is 3. The summed E-state index contributed by atoms with van der Waals surface area (Å²) in [6, 6.07) is 6.22. The van der Waals surface area contributed by atoms with Gasteiger partial charge in [-0.25, -0.2) is 0 Å². The number of hydrogen-bond donors (Lipinski definition) is 2. The number of benzene rings is 1. The molecule has 0 saturated heterocycles. The SMILES string of the molecule is Cc1cccc(C)c1NCC(O)C(C)(C)C. The Morgan fingerprint density at radius 2 is 1.69 bits per heavy atom. The fourth-order valence-electron chi connectivity index (χ4n) is 1.60. The van der Waals surface area contributed by atoms with E-state index in [1.165, 1.54) is 11.1 Å². The van der Waals surface area contributed by atoms with Crippen LogP contribution in [0.2, 0.25) is 0 Å². The minimum atomic E-state index is -0.341. The first-order valence-electron chi connectivity index (χ1n) is 5.80. The van der Waals surface area contributed by atoms with E-state index >= 15 is 0 Å². The Morgan fingerprint density at radius 3 is 2.12 bits per heavy atom. The van der Waals surface area contributed by atoms with Gasteiger partial charge in [0.1, 0.15) is 0 Å². The summed E-state index contributed by atoms with van der Waals surface area (Å²) in [6.45, 7) is 10.9. The van der Waals surface area contributed by atoms with E-state index in [1.54, 1.807) is 0 Å². The Labute approximate surface area is 98.7 Å². The number of hydrogen-bond acceptors (Lipinski definition) is 2. The molecule has 2 nitrogen and oxygen atoms in total. The predicted molar refractivity (Wildman–Crippen MR) is 69.9 cm³/mol. The van der Waals surface area contributed by atoms with Gasteiger partial charge in [0, 0.05) is 12.2 Å². The van der Waals surface area contributed by atoms with Crippen molar-refractivity contribution in [2.75, 3.05) is 11.9 Å². The van der Waals surface area contributed by atoms with E-state index in [1.807, 2.05) is 20.8 Å². The van der Waals surface area contributed by atoms with Gasteiger partial charge >= 0.3 is 0 Å². The predicted octanol–water partition coefficient (Wildman–Crippen LogP) is 3.12. The summed E-state index contributed by atoms with van der Waals surface area (Å²) in [7, 11) is 0. The average molecular weight is 221 g/mol. The molecule has 90 valence electrons. The lowest BCUT2D eigenvalue weighted by atomic mass is 9.89. The van der Waals surface area contributed by atoms with Gasteiger partial charge in [-0.3, -0.25) is 0 Å². The van der Waals surface area contributed by atoms with Crippen molar-refractivity contribution in [1.82, 2.24) is 0 Å². The normalized spacial score (nSPS) is 13.6. The molecular weight excluding hydrogens is 198 g/mol. The Balaban J connectivity index is 2.69. The van der Waals surface area contributed by atoms with Gasteiger partial charge in [0.15, 0.2) is 0 Å². The van der Waals surface area contributed by atoms with Gasteiger partial charge in [-0.15, -0.1) is 0 Å². The second-order valence-electron chi connectivity index (χ2n) is 5.53. The fourth-order valence-corrected chi connectivity index (χ4v) is 1.60. The zero-order chi connectivity index (χ0) is 12.3. The molecule has 1 aromatic rings. The largest absolute Gasteiger partial charge is 0.391 e. The van der Waals surface area contributed by atoms with E-state index in [4.69, 9.17) is 0 Å². The molecule has 0 aliphatic heterocycles. The van der Waals surface area contributed by atoms with Gasteiger partial charge in [-0.1, -0.05) is 39.0 Å². The van der Waals surface area contributed by atoms with Crippen molar-refractivity contribution >= 4 is 5.69 Å². The van der Waals surface area contributed by atoms with Gasteiger partial charge in [-0.05, 0) is 30.4 Å². The number of anilines is 1. The Hall–Kier alpha value is -1.02. The summed E-state index contributed by atoms with van der Waals surface area (Å²) in [5, 5.41) is 13.3. The minimum Gasteiger partial charge on any atom is -0.391 e. The van der Waals surface area contributed by atoms with E-state index in [0.29, 0.717) is 6.54 Å². The number of para-hydroxylation sites is 1. The molecule has 0 bridgehead atoms. The molecule has 0 aromatic heterocycles. The summed E-state index contributed by atoms with van der Waals surface area (Å²) in [4.78, 5) is 0. The highest BCUT2D eigenvalue weighted by Gasteiger charge is 2.21. The van der Waals surface area contributed by atoms with Crippen LogP contribution in [0, 0.1) is 19.3 Å². The average Bonchev–Trinajstić information content (AvgIpc) is 2.15. The molecule has 16 heavy (non-hydrogen) atoms. The van der Waals surface area contributed by atoms with Crippen LogP contribution in [0.25, 0.3) is 0 Å². The minimum absolute atomic E-state index is 0.0798. The van der Waals surface area contributed by atoms with Crippen LogP contribution < -0.4 is 5.32 Å². The maximum Gasteiger partial charge on any atom is 0.0760 e. The quantitative estimate of drug-likeness (QED) is 0.822. The van der Waals surface area contributed by atoms with Crippen molar-refractivity contribution < 1.29 is 5.11 Å². The lowest BCUT2D eigenvalue weighted by Crippen LogP contribution is -2.33. The lowest BCUT2D eigenvalue weighted by Gasteiger charge is -2.27. The van der Waals surface area contributed by atoms with E-state index in [0.717, 1.165) is 5.69 Å². The summed E-state index contributed by atoms with van der Waals surface area (Å²) in [5.41, 5.74) is 3.51. The lowest BCUT2D eigenvalue weighted by molar-refractivity contribution is 0.0745. The van der Waals surface area contributed by atoms with Crippen LogP contribution >= 0.6 is 0 Å². The monoisotopic (exact) mass is 221 g/mol. The highest BCUT2D eigenvalue weighted by atomic mass is 16.3. The first-order valence-corrected chi connectivity index (χ1v) is 5.80. The van der Waals surface area contributed by atoms with E-state index in [9.17, 15) is 5.11 Å². The molecule has 0 aliphatic carbocycles. The van der Waals surface area contributed by atoms with Crippen LogP contribution in [0.5, 0.6) is 0 Å². The summed E-state index contributed by atoms with van der Waals surface area (Å²) in [6.07, 6.45) is -0.341. The van der Waals surface area contributed by atoms with Crippen molar-refractivity contribution in [3.63, 3.8) is 0 Å².